The summed E-state index contributed by atoms with van der Waals surface area (Å²) >= 11 is 3.23. The summed E-state index contributed by atoms with van der Waals surface area (Å²) in [5, 5.41) is 0.486. The Kier molecular flexibility index (Phi) is 5.53. The summed E-state index contributed by atoms with van der Waals surface area (Å²) in [6.07, 6.45) is 7.83. The number of aromatic nitrogens is 5. The van der Waals surface area contributed by atoms with Gasteiger partial charge in [0.15, 0.2) is 5.78 Å². The number of halogens is 1. The van der Waals surface area contributed by atoms with Gasteiger partial charge >= 0.3 is 0 Å². The van der Waals surface area contributed by atoms with E-state index in [4.69, 9.17) is 5.73 Å². The quantitative estimate of drug-likeness (QED) is 0.514. The third kappa shape index (κ3) is 4.35. The lowest BCUT2D eigenvalue weighted by Gasteiger charge is -2.22. The summed E-state index contributed by atoms with van der Waals surface area (Å²) < 4.78 is 2.19. The number of ketones is 1. The van der Waals surface area contributed by atoms with Crippen molar-refractivity contribution in [1.29, 1.82) is 0 Å². The van der Waals surface area contributed by atoms with Gasteiger partial charge in [-0.1, -0.05) is 0 Å². The van der Waals surface area contributed by atoms with Crippen LogP contribution in [0.25, 0.3) is 11.0 Å². The highest BCUT2D eigenvalue weighted by Crippen LogP contribution is 2.27. The maximum absolute atomic E-state index is 13.0. The predicted octanol–water partition coefficient (Wildman–Crippen LogP) is 0.885. The van der Waals surface area contributed by atoms with Crippen molar-refractivity contribution in [1.82, 2.24) is 29.4 Å². The van der Waals surface area contributed by atoms with Crippen LogP contribution < -0.4 is 5.73 Å². The first kappa shape index (κ1) is 20.1. The van der Waals surface area contributed by atoms with Gasteiger partial charge in [-0.05, 0) is 34.8 Å². The first-order valence-corrected chi connectivity index (χ1v) is 10.1. The van der Waals surface area contributed by atoms with Gasteiger partial charge in [-0.25, -0.2) is 15.0 Å². The summed E-state index contributed by atoms with van der Waals surface area (Å²) in [6, 6.07) is 1.72. The molecule has 0 bridgehead atoms. The van der Waals surface area contributed by atoms with E-state index in [0.29, 0.717) is 21.3 Å². The van der Waals surface area contributed by atoms with E-state index in [1.165, 1.54) is 12.5 Å². The highest BCUT2D eigenvalue weighted by Gasteiger charge is 2.34. The lowest BCUT2D eigenvalue weighted by molar-refractivity contribution is -0.136. The van der Waals surface area contributed by atoms with Crippen LogP contribution in [0.15, 0.2) is 35.6 Å². The lowest BCUT2D eigenvalue weighted by Crippen LogP contribution is -2.40. The van der Waals surface area contributed by atoms with Gasteiger partial charge in [0.2, 0.25) is 5.91 Å². The Balaban J connectivity index is 1.48. The number of primary amides is 1. The number of hydrogen-bond donors (Lipinski definition) is 1. The highest BCUT2D eigenvalue weighted by atomic mass is 79.9. The predicted molar refractivity (Wildman–Crippen MR) is 109 cm³/mol. The summed E-state index contributed by atoms with van der Waals surface area (Å²) in [5.41, 5.74) is 6.45. The Morgan fingerprint density at radius 1 is 1.23 bits per heavy atom. The van der Waals surface area contributed by atoms with Crippen LogP contribution in [-0.4, -0.2) is 59.6 Å². The zero-order chi connectivity index (χ0) is 21.3. The summed E-state index contributed by atoms with van der Waals surface area (Å²) in [7, 11) is 0. The Labute approximate surface area is 179 Å². The smallest absolute Gasteiger partial charge is 0.268 e. The van der Waals surface area contributed by atoms with Gasteiger partial charge in [0, 0.05) is 18.4 Å². The van der Waals surface area contributed by atoms with Crippen LogP contribution >= 0.6 is 15.9 Å². The fourth-order valence-corrected chi connectivity index (χ4v) is 3.63. The van der Waals surface area contributed by atoms with Crippen LogP contribution in [0, 0.1) is 0 Å². The molecule has 154 valence electrons. The van der Waals surface area contributed by atoms with Gasteiger partial charge in [0.05, 0.1) is 30.2 Å². The van der Waals surface area contributed by atoms with Crippen molar-refractivity contribution in [3.8, 4) is 0 Å². The monoisotopic (exact) mass is 471 g/mol. The molecule has 1 aliphatic rings. The minimum absolute atomic E-state index is 0.000808. The van der Waals surface area contributed by atoms with E-state index >= 15 is 0 Å². The van der Waals surface area contributed by atoms with Crippen LogP contribution in [0.1, 0.15) is 29.0 Å². The van der Waals surface area contributed by atoms with Crippen molar-refractivity contribution >= 4 is 44.6 Å². The SMILES string of the molecule is NC(=O)c1ncnc2c1ccn2CC(=O)N(CC(=O)Cc1cncc(Br)n1)C1CC1. The Hall–Kier alpha value is -3.21. The number of hydrogen-bond acceptors (Lipinski definition) is 7. The van der Waals surface area contributed by atoms with Crippen molar-refractivity contribution in [3.63, 3.8) is 0 Å². The molecule has 0 aliphatic heterocycles. The third-order valence-electron chi connectivity index (χ3n) is 4.78. The molecule has 3 aromatic heterocycles. The van der Waals surface area contributed by atoms with Gasteiger partial charge in [0.25, 0.3) is 5.91 Å². The molecule has 0 atom stereocenters. The maximum Gasteiger partial charge on any atom is 0.268 e. The van der Waals surface area contributed by atoms with E-state index < -0.39 is 5.91 Å². The van der Waals surface area contributed by atoms with Crippen LogP contribution in [0.3, 0.4) is 0 Å². The summed E-state index contributed by atoms with van der Waals surface area (Å²) in [5.74, 6) is -0.964. The van der Waals surface area contributed by atoms with Gasteiger partial charge in [-0.2, -0.15) is 0 Å². The van der Waals surface area contributed by atoms with Gasteiger partial charge in [0.1, 0.15) is 28.8 Å². The van der Waals surface area contributed by atoms with Crippen LogP contribution in [0.4, 0.5) is 0 Å². The second-order valence-corrected chi connectivity index (χ2v) is 7.88. The lowest BCUT2D eigenvalue weighted by atomic mass is 10.2. The molecule has 30 heavy (non-hydrogen) atoms. The Morgan fingerprint density at radius 3 is 2.73 bits per heavy atom. The first-order valence-electron chi connectivity index (χ1n) is 9.29. The number of rotatable bonds is 8. The average molecular weight is 472 g/mol. The molecular formula is C19H18BrN7O3. The van der Waals surface area contributed by atoms with E-state index in [1.54, 1.807) is 27.9 Å². The normalized spacial score (nSPS) is 13.4. The molecule has 0 saturated heterocycles. The van der Waals surface area contributed by atoms with E-state index in [1.807, 2.05) is 0 Å². The second-order valence-electron chi connectivity index (χ2n) is 7.07. The van der Waals surface area contributed by atoms with E-state index in [9.17, 15) is 14.4 Å². The number of carbonyl (C=O) groups is 3. The Bertz CT molecular complexity index is 1140. The molecule has 2 N–H and O–H groups in total. The van der Waals surface area contributed by atoms with Crippen molar-refractivity contribution < 1.29 is 14.4 Å². The van der Waals surface area contributed by atoms with Crippen LogP contribution in [0.2, 0.25) is 0 Å². The summed E-state index contributed by atoms with van der Waals surface area (Å²) in [6.45, 7) is 0.0115. The van der Waals surface area contributed by atoms with Crippen molar-refractivity contribution in [2.75, 3.05) is 6.54 Å². The maximum atomic E-state index is 13.0. The molecular weight excluding hydrogens is 454 g/mol. The fourth-order valence-electron chi connectivity index (χ4n) is 3.28. The van der Waals surface area contributed by atoms with Crippen LogP contribution in [-0.2, 0) is 22.6 Å². The molecule has 0 aromatic carbocycles. The minimum Gasteiger partial charge on any atom is -0.364 e. The number of carbonyl (C=O) groups excluding carboxylic acids is 3. The zero-order valence-corrected chi connectivity index (χ0v) is 17.4. The third-order valence-corrected chi connectivity index (χ3v) is 5.17. The number of nitrogens with two attached hydrogens (primary N) is 1. The fraction of sp³-hybridized carbons (Fsp3) is 0.316. The molecule has 1 saturated carbocycles. The van der Waals surface area contributed by atoms with E-state index in [-0.39, 0.29) is 42.9 Å². The van der Waals surface area contributed by atoms with Crippen LogP contribution in [0.5, 0.6) is 0 Å². The molecule has 0 radical (unpaired) electrons. The minimum atomic E-state index is -0.660. The van der Waals surface area contributed by atoms with Crippen molar-refractivity contribution in [2.45, 2.75) is 31.8 Å². The van der Waals surface area contributed by atoms with Gasteiger partial charge in [-0.3, -0.25) is 19.4 Å². The molecule has 0 spiro atoms. The molecule has 1 aliphatic carbocycles. The Morgan fingerprint density at radius 2 is 2.03 bits per heavy atom. The molecule has 4 rings (SSSR count). The number of Topliss-reactive ketones (excluding diaryl/α,β-unsaturated/α-hetero) is 1. The van der Waals surface area contributed by atoms with Gasteiger partial charge in [-0.15, -0.1) is 0 Å². The van der Waals surface area contributed by atoms with E-state index in [0.717, 1.165) is 12.8 Å². The molecule has 1 fully saturated rings. The van der Waals surface area contributed by atoms with Crippen molar-refractivity contribution in [3.05, 3.63) is 47.0 Å². The first-order chi connectivity index (χ1) is 14.4. The highest BCUT2D eigenvalue weighted by molar-refractivity contribution is 9.10. The second kappa shape index (κ2) is 8.27. The molecule has 10 nitrogen and oxygen atoms in total. The van der Waals surface area contributed by atoms with E-state index in [2.05, 4.69) is 35.9 Å². The van der Waals surface area contributed by atoms with Crippen molar-refractivity contribution in [2.24, 2.45) is 5.73 Å². The largest absolute Gasteiger partial charge is 0.364 e. The molecule has 11 heteroatoms. The molecule has 3 heterocycles. The standard InChI is InChI=1S/C19H18BrN7O3/c20-15-7-22-6-11(25-15)5-13(28)8-27(12-1-2-12)16(29)9-26-4-3-14-17(18(21)30)23-10-24-19(14)26/h3-4,6-7,10,12H,1-2,5,8-9H2,(H2,21,30). The van der Waals surface area contributed by atoms with Gasteiger partial charge < -0.3 is 15.2 Å². The number of nitrogens with zero attached hydrogens (tertiary/aromatic N) is 6. The molecule has 0 unspecified atom stereocenters. The molecule has 2 amide bonds. The number of fused-ring (bicyclic) bond motifs is 1. The zero-order valence-electron chi connectivity index (χ0n) is 15.9. The topological polar surface area (TPSA) is 137 Å². The summed E-state index contributed by atoms with van der Waals surface area (Å²) in [4.78, 5) is 55.0. The number of amides is 2. The average Bonchev–Trinajstić information content (AvgIpc) is 3.46. The molecule has 3 aromatic rings.